The van der Waals surface area contributed by atoms with Crippen LogP contribution in [0.1, 0.15) is 13.3 Å². The predicted octanol–water partition coefficient (Wildman–Crippen LogP) is 0.713. The number of hydrogen-bond donors (Lipinski definition) is 0. The summed E-state index contributed by atoms with van der Waals surface area (Å²) in [5.41, 5.74) is 0. The van der Waals surface area contributed by atoms with Crippen molar-refractivity contribution in [3.05, 3.63) is 0 Å². The Morgan fingerprint density at radius 3 is 2.29 bits per heavy atom. The Morgan fingerprint density at radius 1 is 1.21 bits per heavy atom. The van der Waals surface area contributed by atoms with E-state index in [2.05, 4.69) is 25.9 Å². The molecule has 0 aromatic heterocycles. The molecule has 0 amide bonds. The minimum atomic E-state index is -0.254. The largest absolute Gasteiger partial charge is 0.375 e. The van der Waals surface area contributed by atoms with Crippen molar-refractivity contribution in [1.82, 2.24) is 4.90 Å². The minimum Gasteiger partial charge on any atom is -0.375 e. The molecule has 0 bridgehead atoms. The van der Waals surface area contributed by atoms with E-state index in [0.29, 0.717) is 6.04 Å². The summed E-state index contributed by atoms with van der Waals surface area (Å²) in [5.74, 6) is 0. The zero-order chi connectivity index (χ0) is 10.7. The van der Waals surface area contributed by atoms with Crippen molar-refractivity contribution >= 4 is 0 Å². The van der Waals surface area contributed by atoms with Gasteiger partial charge in [-0.2, -0.15) is 0 Å². The average molecular weight is 203 g/mol. The first kappa shape index (κ1) is 11.9. The quantitative estimate of drug-likeness (QED) is 0.676. The number of ether oxygens (including phenoxy) is 3. The summed E-state index contributed by atoms with van der Waals surface area (Å²) in [6.07, 6.45) is 0.937. The number of nitrogens with zero attached hydrogens (tertiary/aromatic N) is 1. The van der Waals surface area contributed by atoms with Crippen LogP contribution in [0, 0.1) is 0 Å². The third kappa shape index (κ3) is 2.45. The van der Waals surface area contributed by atoms with Crippen LogP contribution in [0.15, 0.2) is 0 Å². The van der Waals surface area contributed by atoms with E-state index in [-0.39, 0.29) is 18.5 Å². The van der Waals surface area contributed by atoms with Gasteiger partial charge >= 0.3 is 0 Å². The van der Waals surface area contributed by atoms with E-state index in [9.17, 15) is 0 Å². The Labute approximate surface area is 86.1 Å². The van der Waals surface area contributed by atoms with E-state index in [1.807, 2.05) is 0 Å². The normalized spacial score (nSPS) is 39.0. The lowest BCUT2D eigenvalue weighted by molar-refractivity contribution is -0.248. The maximum Gasteiger partial charge on any atom is 0.185 e. The summed E-state index contributed by atoms with van der Waals surface area (Å²) >= 11 is 0. The van der Waals surface area contributed by atoms with E-state index in [1.54, 1.807) is 14.2 Å². The summed E-state index contributed by atoms with van der Waals surface area (Å²) in [7, 11) is 7.47. The van der Waals surface area contributed by atoms with Crippen LogP contribution >= 0.6 is 0 Å². The Bertz CT molecular complexity index is 175. The van der Waals surface area contributed by atoms with Gasteiger partial charge in [0.15, 0.2) is 6.29 Å². The first-order valence-electron chi connectivity index (χ1n) is 4.97. The first-order valence-corrected chi connectivity index (χ1v) is 4.97. The standard InChI is InChI=1S/C10H21NO3/c1-7-6-8(11(2)3)9(12-4)10(13-5)14-7/h7-10H,6H2,1-5H3/t7?,8?,9-,10-/m1/s1. The fourth-order valence-corrected chi connectivity index (χ4v) is 1.98. The molecule has 14 heavy (non-hydrogen) atoms. The molecule has 4 nitrogen and oxygen atoms in total. The highest BCUT2D eigenvalue weighted by Crippen LogP contribution is 2.25. The Morgan fingerprint density at radius 2 is 1.86 bits per heavy atom. The lowest BCUT2D eigenvalue weighted by atomic mass is 9.99. The first-order chi connectivity index (χ1) is 6.60. The van der Waals surface area contributed by atoms with Gasteiger partial charge in [-0.05, 0) is 27.4 Å². The number of methoxy groups -OCH3 is 2. The molecule has 0 N–H and O–H groups in total. The number of hydrogen-bond acceptors (Lipinski definition) is 4. The van der Waals surface area contributed by atoms with Crippen molar-refractivity contribution in [2.75, 3.05) is 28.3 Å². The van der Waals surface area contributed by atoms with Crippen LogP contribution in [0.3, 0.4) is 0 Å². The molecule has 2 unspecified atom stereocenters. The van der Waals surface area contributed by atoms with E-state index < -0.39 is 0 Å². The molecule has 1 saturated heterocycles. The van der Waals surface area contributed by atoms with Gasteiger partial charge < -0.3 is 19.1 Å². The third-order valence-corrected chi connectivity index (χ3v) is 2.76. The maximum atomic E-state index is 5.65. The summed E-state index contributed by atoms with van der Waals surface area (Å²) in [6, 6.07) is 0.355. The van der Waals surface area contributed by atoms with Crippen molar-refractivity contribution in [3.63, 3.8) is 0 Å². The van der Waals surface area contributed by atoms with Crippen LogP contribution in [0.25, 0.3) is 0 Å². The van der Waals surface area contributed by atoms with Gasteiger partial charge in [-0.25, -0.2) is 0 Å². The van der Waals surface area contributed by atoms with Crippen molar-refractivity contribution < 1.29 is 14.2 Å². The number of likely N-dealkylation sites (N-methyl/N-ethyl adjacent to an activating group) is 1. The molecular formula is C10H21NO3. The fourth-order valence-electron chi connectivity index (χ4n) is 1.98. The number of rotatable bonds is 3. The van der Waals surface area contributed by atoms with Crippen LogP contribution in [0.2, 0.25) is 0 Å². The molecule has 84 valence electrons. The van der Waals surface area contributed by atoms with E-state index >= 15 is 0 Å². The molecule has 0 saturated carbocycles. The smallest absolute Gasteiger partial charge is 0.185 e. The van der Waals surface area contributed by atoms with Crippen LogP contribution in [0.4, 0.5) is 0 Å². The van der Waals surface area contributed by atoms with Crippen LogP contribution in [-0.4, -0.2) is 57.8 Å². The Hall–Kier alpha value is -0.160. The second kappa shape index (κ2) is 5.07. The molecule has 1 heterocycles. The zero-order valence-electron chi connectivity index (χ0n) is 9.69. The summed E-state index contributed by atoms with van der Waals surface area (Å²) in [6.45, 7) is 2.06. The fraction of sp³-hybridized carbons (Fsp3) is 1.00. The molecule has 4 heteroatoms. The third-order valence-electron chi connectivity index (χ3n) is 2.76. The summed E-state index contributed by atoms with van der Waals surface area (Å²) < 4.78 is 16.3. The van der Waals surface area contributed by atoms with Gasteiger partial charge in [-0.1, -0.05) is 0 Å². The molecule has 0 aromatic carbocycles. The maximum absolute atomic E-state index is 5.65. The monoisotopic (exact) mass is 203 g/mol. The van der Waals surface area contributed by atoms with Crippen molar-refractivity contribution in [2.24, 2.45) is 0 Å². The van der Waals surface area contributed by atoms with E-state index in [0.717, 1.165) is 6.42 Å². The average Bonchev–Trinajstić information content (AvgIpc) is 2.16. The van der Waals surface area contributed by atoms with Gasteiger partial charge in [-0.15, -0.1) is 0 Å². The van der Waals surface area contributed by atoms with E-state index in [1.165, 1.54) is 0 Å². The van der Waals surface area contributed by atoms with Gasteiger partial charge in [0.05, 0.1) is 6.10 Å². The van der Waals surface area contributed by atoms with Gasteiger partial charge in [0.25, 0.3) is 0 Å². The molecular weight excluding hydrogens is 182 g/mol. The lowest BCUT2D eigenvalue weighted by Gasteiger charge is -2.42. The topological polar surface area (TPSA) is 30.9 Å². The molecule has 1 aliphatic heterocycles. The molecule has 0 spiro atoms. The predicted molar refractivity (Wildman–Crippen MR) is 54.2 cm³/mol. The second-order valence-electron chi connectivity index (χ2n) is 4.02. The SMILES string of the molecule is CO[C@@H]1OC(C)CC(N(C)C)[C@H]1OC. The molecule has 0 aliphatic carbocycles. The van der Waals surface area contributed by atoms with Gasteiger partial charge in [0.2, 0.25) is 0 Å². The summed E-state index contributed by atoms with van der Waals surface area (Å²) in [4.78, 5) is 2.17. The second-order valence-corrected chi connectivity index (χ2v) is 4.02. The highest BCUT2D eigenvalue weighted by atomic mass is 16.7. The van der Waals surface area contributed by atoms with Gasteiger partial charge in [0.1, 0.15) is 6.10 Å². The molecule has 1 fully saturated rings. The highest BCUT2D eigenvalue weighted by Gasteiger charge is 2.38. The van der Waals surface area contributed by atoms with Gasteiger partial charge in [0, 0.05) is 20.3 Å². The minimum absolute atomic E-state index is 0.00815. The van der Waals surface area contributed by atoms with Crippen molar-refractivity contribution in [2.45, 2.75) is 37.9 Å². The van der Waals surface area contributed by atoms with Crippen molar-refractivity contribution in [1.29, 1.82) is 0 Å². The van der Waals surface area contributed by atoms with E-state index in [4.69, 9.17) is 14.2 Å². The van der Waals surface area contributed by atoms with Crippen LogP contribution in [0.5, 0.6) is 0 Å². The lowest BCUT2D eigenvalue weighted by Crippen LogP contribution is -2.54. The highest BCUT2D eigenvalue weighted by molar-refractivity contribution is 4.86. The molecule has 4 atom stereocenters. The molecule has 0 radical (unpaired) electrons. The van der Waals surface area contributed by atoms with Crippen LogP contribution < -0.4 is 0 Å². The van der Waals surface area contributed by atoms with Crippen molar-refractivity contribution in [3.8, 4) is 0 Å². The van der Waals surface area contributed by atoms with Gasteiger partial charge in [-0.3, -0.25) is 0 Å². The Kier molecular flexibility index (Phi) is 4.31. The molecule has 1 rings (SSSR count). The molecule has 1 aliphatic rings. The molecule has 0 aromatic rings. The zero-order valence-corrected chi connectivity index (χ0v) is 9.69. The Balaban J connectivity index is 2.70. The van der Waals surface area contributed by atoms with Crippen LogP contribution in [-0.2, 0) is 14.2 Å². The summed E-state index contributed by atoms with van der Waals surface area (Å²) in [5, 5.41) is 0.